The first-order valence-electron chi connectivity index (χ1n) is 14.2. The van der Waals surface area contributed by atoms with Crippen LogP contribution in [0.2, 0.25) is 0 Å². The van der Waals surface area contributed by atoms with Crippen LogP contribution in [0.4, 0.5) is 0 Å². The van der Waals surface area contributed by atoms with Crippen LogP contribution in [0.1, 0.15) is 71.1 Å². The smallest absolute Gasteiger partial charge is 0.170 e. The molecule has 0 aliphatic rings. The Morgan fingerprint density at radius 3 is 2.28 bits per heavy atom. The van der Waals surface area contributed by atoms with Gasteiger partial charge in [-0.2, -0.15) is 5.10 Å². The van der Waals surface area contributed by atoms with E-state index in [9.17, 15) is 5.11 Å². The number of aromatic nitrogens is 3. The van der Waals surface area contributed by atoms with E-state index in [1.54, 1.807) is 22.8 Å². The summed E-state index contributed by atoms with van der Waals surface area (Å²) in [4.78, 5) is 4.52. The molecule has 0 saturated carbocycles. The van der Waals surface area contributed by atoms with Gasteiger partial charge in [0.15, 0.2) is 5.65 Å². The molecule has 5 rings (SSSR count). The third-order valence-electron chi connectivity index (χ3n) is 7.17. The fourth-order valence-electron chi connectivity index (χ4n) is 4.70. The molecule has 0 atom stereocenters. The Morgan fingerprint density at radius 1 is 0.897 bits per heavy atom. The van der Waals surface area contributed by atoms with Gasteiger partial charge in [-0.1, -0.05) is 114 Å². The van der Waals surface area contributed by atoms with Gasteiger partial charge in [0.25, 0.3) is 0 Å². The van der Waals surface area contributed by atoms with Gasteiger partial charge < -0.3 is 5.11 Å². The molecule has 3 aromatic carbocycles. The van der Waals surface area contributed by atoms with Crippen molar-refractivity contribution in [1.82, 2.24) is 14.6 Å². The second-order valence-corrected chi connectivity index (χ2v) is 10.7. The molecule has 0 saturated heterocycles. The van der Waals surface area contributed by atoms with Crippen molar-refractivity contribution < 1.29 is 5.11 Å². The zero-order valence-corrected chi connectivity index (χ0v) is 25.6. The van der Waals surface area contributed by atoms with Gasteiger partial charge in [-0.15, -0.1) is 0 Å². The van der Waals surface area contributed by atoms with E-state index in [-0.39, 0.29) is 5.75 Å². The number of fused-ring (bicyclic) bond motifs is 2. The van der Waals surface area contributed by atoms with Crippen molar-refractivity contribution in [1.29, 1.82) is 0 Å². The molecule has 0 spiro atoms. The third kappa shape index (κ3) is 8.15. The first kappa shape index (κ1) is 30.4. The Balaban J connectivity index is 0.000000174. The Morgan fingerprint density at radius 2 is 1.59 bits per heavy atom. The largest absolute Gasteiger partial charge is 0.507 e. The highest BCUT2D eigenvalue weighted by atomic mass is 79.9. The highest BCUT2D eigenvalue weighted by Gasteiger charge is 2.11. The fraction of sp³-hybridized carbons (Fsp3) is 0.353. The van der Waals surface area contributed by atoms with E-state index >= 15 is 0 Å². The van der Waals surface area contributed by atoms with Crippen LogP contribution in [0.25, 0.3) is 27.7 Å². The minimum Gasteiger partial charge on any atom is -0.507 e. The number of hydrogen-bond acceptors (Lipinski definition) is 3. The number of nitrogens with zero attached hydrogens (tertiary/aromatic N) is 3. The highest BCUT2D eigenvalue weighted by molar-refractivity contribution is 9.10. The van der Waals surface area contributed by atoms with Crippen molar-refractivity contribution in [2.75, 3.05) is 0 Å². The minimum atomic E-state index is 0.226. The molecule has 2 heterocycles. The lowest BCUT2D eigenvalue weighted by molar-refractivity contribution is 0.438. The van der Waals surface area contributed by atoms with E-state index in [0.717, 1.165) is 39.4 Å². The lowest BCUT2D eigenvalue weighted by Crippen LogP contribution is -1.97. The summed E-state index contributed by atoms with van der Waals surface area (Å²) in [7, 11) is 0. The zero-order chi connectivity index (χ0) is 28.2. The Bertz CT molecular complexity index is 1450. The maximum Gasteiger partial charge on any atom is 0.170 e. The van der Waals surface area contributed by atoms with E-state index in [4.69, 9.17) is 0 Å². The van der Waals surface area contributed by atoms with E-state index in [1.165, 1.54) is 48.4 Å². The third-order valence-corrected chi connectivity index (χ3v) is 7.73. The molecular formula is C34H42BrN3O. The van der Waals surface area contributed by atoms with Crippen molar-refractivity contribution >= 4 is 32.3 Å². The second kappa shape index (κ2) is 15.4. The SMILES string of the molecule is CCCCC(CC)CC.CCc1cccc2ccccc12.Cc1cc(-c2ccccc2O)nc2c(Br)cnn12. The van der Waals surface area contributed by atoms with Crippen molar-refractivity contribution in [2.24, 2.45) is 5.92 Å². The van der Waals surface area contributed by atoms with Crippen LogP contribution in [0, 0.1) is 12.8 Å². The average molecular weight is 589 g/mol. The summed E-state index contributed by atoms with van der Waals surface area (Å²) >= 11 is 3.42. The predicted molar refractivity (Wildman–Crippen MR) is 169 cm³/mol. The maximum absolute atomic E-state index is 9.87. The van der Waals surface area contributed by atoms with Gasteiger partial charge in [0.1, 0.15) is 5.75 Å². The number of aromatic hydroxyl groups is 1. The molecule has 5 aromatic rings. The van der Waals surface area contributed by atoms with Crippen LogP contribution >= 0.6 is 15.9 Å². The van der Waals surface area contributed by atoms with Gasteiger partial charge in [0, 0.05) is 11.3 Å². The quantitative estimate of drug-likeness (QED) is 0.206. The minimum absolute atomic E-state index is 0.226. The zero-order valence-electron chi connectivity index (χ0n) is 24.0. The Kier molecular flexibility index (Phi) is 12.0. The monoisotopic (exact) mass is 587 g/mol. The lowest BCUT2D eigenvalue weighted by Gasteiger charge is -2.09. The van der Waals surface area contributed by atoms with E-state index in [0.29, 0.717) is 0 Å². The molecule has 206 valence electrons. The number of hydrogen-bond donors (Lipinski definition) is 1. The number of aryl methyl sites for hydroxylation is 2. The lowest BCUT2D eigenvalue weighted by atomic mass is 9.97. The van der Waals surface area contributed by atoms with Crippen LogP contribution in [0.5, 0.6) is 5.75 Å². The summed E-state index contributed by atoms with van der Waals surface area (Å²) in [5.74, 6) is 1.23. The molecule has 0 unspecified atom stereocenters. The van der Waals surface area contributed by atoms with Crippen molar-refractivity contribution in [2.45, 2.75) is 73.1 Å². The van der Waals surface area contributed by atoms with Crippen LogP contribution in [-0.2, 0) is 6.42 Å². The van der Waals surface area contributed by atoms with Crippen LogP contribution in [-0.4, -0.2) is 19.7 Å². The Hall–Kier alpha value is -3.18. The van der Waals surface area contributed by atoms with Gasteiger partial charge in [0.2, 0.25) is 0 Å². The molecule has 4 nitrogen and oxygen atoms in total. The van der Waals surface area contributed by atoms with Gasteiger partial charge in [0.05, 0.1) is 16.4 Å². The van der Waals surface area contributed by atoms with Crippen molar-refractivity contribution in [3.8, 4) is 17.0 Å². The summed E-state index contributed by atoms with van der Waals surface area (Å²) in [5, 5.41) is 16.8. The van der Waals surface area contributed by atoms with Crippen LogP contribution < -0.4 is 0 Å². The fourth-order valence-corrected chi connectivity index (χ4v) is 5.05. The molecule has 39 heavy (non-hydrogen) atoms. The van der Waals surface area contributed by atoms with Crippen LogP contribution in [0.3, 0.4) is 0 Å². The van der Waals surface area contributed by atoms with E-state index < -0.39 is 0 Å². The maximum atomic E-state index is 9.87. The molecular weight excluding hydrogens is 546 g/mol. The van der Waals surface area contributed by atoms with Gasteiger partial charge in [-0.05, 0) is 69.7 Å². The molecule has 0 radical (unpaired) electrons. The number of rotatable bonds is 7. The molecule has 2 aromatic heterocycles. The summed E-state index contributed by atoms with van der Waals surface area (Å²) in [6.45, 7) is 11.0. The standard InChI is InChI=1S/C13H10BrN3O.C12H12.C9H20/c1-8-6-11(9-4-2-3-5-12(9)18)16-13-10(14)7-15-17(8)13;1-2-10-7-5-8-11-6-3-4-9-12(10)11;1-4-7-8-9(5-2)6-3/h2-7,18H,1H3;3-9H,2H2,1H3;9H,4-8H2,1-3H3. The molecule has 5 heteroatoms. The van der Waals surface area contributed by atoms with Gasteiger partial charge in [-0.25, -0.2) is 9.50 Å². The van der Waals surface area contributed by atoms with Gasteiger partial charge >= 0.3 is 0 Å². The van der Waals surface area contributed by atoms with E-state index in [2.05, 4.69) is 96.2 Å². The number of para-hydroxylation sites is 1. The number of unbranched alkanes of at least 4 members (excludes halogenated alkanes) is 1. The number of phenolic OH excluding ortho intramolecular Hbond substituents is 1. The van der Waals surface area contributed by atoms with Gasteiger partial charge in [-0.3, -0.25) is 0 Å². The summed E-state index contributed by atoms with van der Waals surface area (Å²) in [5.41, 5.74) is 4.60. The van der Waals surface area contributed by atoms with Crippen molar-refractivity contribution in [3.05, 3.63) is 94.7 Å². The summed E-state index contributed by atoms with van der Waals surface area (Å²) in [6.07, 6.45) is 9.80. The molecule has 0 amide bonds. The Labute approximate surface area is 242 Å². The summed E-state index contributed by atoms with van der Waals surface area (Å²) in [6, 6.07) is 24.1. The summed E-state index contributed by atoms with van der Waals surface area (Å²) < 4.78 is 2.59. The molecule has 0 aliphatic carbocycles. The second-order valence-electron chi connectivity index (χ2n) is 9.84. The first-order chi connectivity index (χ1) is 18.9. The number of benzene rings is 3. The predicted octanol–water partition coefficient (Wildman–Crippen LogP) is 10.2. The molecule has 0 aliphatic heterocycles. The molecule has 0 bridgehead atoms. The molecule has 1 N–H and O–H groups in total. The number of phenols is 1. The highest BCUT2D eigenvalue weighted by Crippen LogP contribution is 2.29. The average Bonchev–Trinajstić information content (AvgIpc) is 3.35. The molecule has 0 fully saturated rings. The number of halogens is 1. The normalized spacial score (nSPS) is 10.7. The topological polar surface area (TPSA) is 50.4 Å². The van der Waals surface area contributed by atoms with Crippen molar-refractivity contribution in [3.63, 3.8) is 0 Å². The van der Waals surface area contributed by atoms with E-state index in [1.807, 2.05) is 25.1 Å². The van der Waals surface area contributed by atoms with Crippen LogP contribution in [0.15, 0.2) is 83.5 Å². The first-order valence-corrected chi connectivity index (χ1v) is 15.0.